The van der Waals surface area contributed by atoms with E-state index in [9.17, 15) is 14.7 Å². The van der Waals surface area contributed by atoms with Gasteiger partial charge in [-0.25, -0.2) is 0 Å². The van der Waals surface area contributed by atoms with Gasteiger partial charge >= 0.3 is 0 Å². The van der Waals surface area contributed by atoms with Crippen molar-refractivity contribution in [2.45, 2.75) is 38.0 Å². The number of aliphatic hydroxyl groups is 1. The minimum Gasteiger partial charge on any atom is -0.393 e. The third-order valence-electron chi connectivity index (χ3n) is 5.89. The minimum absolute atomic E-state index is 0.00970. The largest absolute Gasteiger partial charge is 0.393 e. The molecule has 2 fully saturated rings. The molecule has 0 radical (unpaired) electrons. The Kier molecular flexibility index (Phi) is 4.89. The van der Waals surface area contributed by atoms with Crippen LogP contribution >= 0.6 is 11.6 Å². The van der Waals surface area contributed by atoms with Crippen molar-refractivity contribution in [1.29, 1.82) is 0 Å². The zero-order chi connectivity index (χ0) is 20.0. The highest BCUT2D eigenvalue weighted by molar-refractivity contribution is 6.30. The first-order valence-electron chi connectivity index (χ1n) is 9.46. The van der Waals surface area contributed by atoms with Gasteiger partial charge in [-0.15, -0.1) is 0 Å². The van der Waals surface area contributed by atoms with Crippen LogP contribution in [0.3, 0.4) is 0 Å². The van der Waals surface area contributed by atoms with E-state index in [1.54, 1.807) is 10.7 Å². The van der Waals surface area contributed by atoms with E-state index in [0.29, 0.717) is 16.6 Å². The van der Waals surface area contributed by atoms with E-state index in [1.807, 2.05) is 25.1 Å². The molecule has 2 aliphatic carbocycles. The fourth-order valence-electron chi connectivity index (χ4n) is 4.29. The maximum atomic E-state index is 13.0. The van der Waals surface area contributed by atoms with Gasteiger partial charge in [-0.1, -0.05) is 23.7 Å². The van der Waals surface area contributed by atoms with Crippen LogP contribution in [0.25, 0.3) is 0 Å². The number of aromatic nitrogens is 2. The van der Waals surface area contributed by atoms with Crippen LogP contribution in [0.2, 0.25) is 5.02 Å². The number of amides is 2. The van der Waals surface area contributed by atoms with Crippen LogP contribution in [-0.4, -0.2) is 45.9 Å². The summed E-state index contributed by atoms with van der Waals surface area (Å²) in [6.45, 7) is 1.90. The Morgan fingerprint density at radius 2 is 2.07 bits per heavy atom. The highest BCUT2D eigenvalue weighted by Gasteiger charge is 2.58. The molecule has 0 spiro atoms. The Morgan fingerprint density at radius 3 is 2.71 bits per heavy atom. The Hall–Kier alpha value is -2.38. The van der Waals surface area contributed by atoms with Gasteiger partial charge in [-0.2, -0.15) is 5.10 Å². The number of carbonyl (C=O) groups excluding carboxylic acids is 2. The maximum Gasteiger partial charge on any atom is 0.271 e. The summed E-state index contributed by atoms with van der Waals surface area (Å²) < 4.78 is 1.56. The number of carbonyl (C=O) groups is 2. The molecule has 2 amide bonds. The number of nitrogens with one attached hydrogen (secondary N) is 2. The van der Waals surface area contributed by atoms with Gasteiger partial charge in [-0.05, 0) is 43.4 Å². The van der Waals surface area contributed by atoms with Crippen molar-refractivity contribution >= 4 is 23.4 Å². The number of halogens is 1. The summed E-state index contributed by atoms with van der Waals surface area (Å²) in [5, 5.41) is 20.5. The van der Waals surface area contributed by atoms with Crippen molar-refractivity contribution in [2.75, 3.05) is 7.05 Å². The van der Waals surface area contributed by atoms with Crippen molar-refractivity contribution in [3.8, 4) is 0 Å². The molecule has 0 bridgehead atoms. The van der Waals surface area contributed by atoms with Crippen LogP contribution in [0.4, 0.5) is 0 Å². The Morgan fingerprint density at radius 1 is 1.29 bits per heavy atom. The van der Waals surface area contributed by atoms with Gasteiger partial charge in [0, 0.05) is 30.1 Å². The summed E-state index contributed by atoms with van der Waals surface area (Å²) in [6.07, 6.45) is 1.39. The highest BCUT2D eigenvalue weighted by Crippen LogP contribution is 2.52. The smallest absolute Gasteiger partial charge is 0.271 e. The number of rotatable bonds is 5. The molecule has 0 saturated heterocycles. The number of hydrogen-bond acceptors (Lipinski definition) is 4. The van der Waals surface area contributed by atoms with E-state index >= 15 is 0 Å². The molecule has 0 aliphatic heterocycles. The lowest BCUT2D eigenvalue weighted by Crippen LogP contribution is -2.32. The second kappa shape index (κ2) is 7.22. The van der Waals surface area contributed by atoms with Gasteiger partial charge in [0.1, 0.15) is 5.69 Å². The first-order valence-corrected chi connectivity index (χ1v) is 9.84. The van der Waals surface area contributed by atoms with Crippen LogP contribution in [0.1, 0.15) is 52.3 Å². The molecule has 1 aromatic heterocycles. The van der Waals surface area contributed by atoms with Gasteiger partial charge in [-0.3, -0.25) is 14.3 Å². The normalized spacial score (nSPS) is 26.4. The molecule has 1 aromatic carbocycles. The Labute approximate surface area is 168 Å². The summed E-state index contributed by atoms with van der Waals surface area (Å²) in [5.41, 5.74) is 1.37. The average molecular weight is 403 g/mol. The molecule has 7 nitrogen and oxygen atoms in total. The lowest BCUT2D eigenvalue weighted by atomic mass is 10.1. The van der Waals surface area contributed by atoms with E-state index in [-0.39, 0.29) is 41.6 Å². The van der Waals surface area contributed by atoms with Crippen molar-refractivity contribution in [3.05, 3.63) is 52.3 Å². The van der Waals surface area contributed by atoms with E-state index in [2.05, 4.69) is 15.7 Å². The van der Waals surface area contributed by atoms with Gasteiger partial charge in [0.2, 0.25) is 0 Å². The second-order valence-corrected chi connectivity index (χ2v) is 7.99. The summed E-state index contributed by atoms with van der Waals surface area (Å²) in [7, 11) is 1.52. The number of aliphatic hydroxyl groups excluding tert-OH is 1. The second-order valence-electron chi connectivity index (χ2n) is 7.55. The number of hydrogen-bond donors (Lipinski definition) is 3. The van der Waals surface area contributed by atoms with E-state index in [0.717, 1.165) is 18.4 Å². The molecular weight excluding hydrogens is 380 g/mol. The standard InChI is InChI=1S/C20H23ClN4O3/c1-10(11-4-3-5-12(21)8-11)25-15(9-14(24-25)19(27)22-2)20(28)23-18-13-6-7-16(26)17(13)18/h3-5,8-10,13,16-18,26H,6-7H2,1-2H3,(H,22,27)(H,23,28)/t10-,13+,16+,17+,18-/m0/s1. The lowest BCUT2D eigenvalue weighted by molar-refractivity contribution is 0.0920. The molecule has 1 heterocycles. The van der Waals surface area contributed by atoms with Gasteiger partial charge < -0.3 is 15.7 Å². The first-order chi connectivity index (χ1) is 13.4. The van der Waals surface area contributed by atoms with Crippen LogP contribution < -0.4 is 10.6 Å². The van der Waals surface area contributed by atoms with Crippen molar-refractivity contribution in [3.63, 3.8) is 0 Å². The molecule has 2 saturated carbocycles. The maximum absolute atomic E-state index is 13.0. The van der Waals surface area contributed by atoms with Crippen LogP contribution in [0, 0.1) is 11.8 Å². The topological polar surface area (TPSA) is 96.3 Å². The summed E-state index contributed by atoms with van der Waals surface area (Å²) in [6, 6.07) is 8.54. The lowest BCUT2D eigenvalue weighted by Gasteiger charge is -2.17. The zero-order valence-corrected chi connectivity index (χ0v) is 16.5. The van der Waals surface area contributed by atoms with Crippen molar-refractivity contribution < 1.29 is 14.7 Å². The van der Waals surface area contributed by atoms with Crippen LogP contribution in [-0.2, 0) is 0 Å². The SMILES string of the molecule is CNC(=O)c1cc(C(=O)N[C@H]2[C@@H]3CC[C@@H](O)[C@@H]32)n([C@@H](C)c2cccc(Cl)c2)n1. The van der Waals surface area contributed by atoms with Crippen LogP contribution in [0.5, 0.6) is 0 Å². The first kappa shape index (κ1) is 19.0. The third kappa shape index (κ3) is 3.29. The van der Waals surface area contributed by atoms with Crippen molar-refractivity contribution in [1.82, 2.24) is 20.4 Å². The molecule has 148 valence electrons. The zero-order valence-electron chi connectivity index (χ0n) is 15.7. The third-order valence-corrected chi connectivity index (χ3v) is 6.13. The van der Waals surface area contributed by atoms with Crippen molar-refractivity contribution in [2.24, 2.45) is 11.8 Å². The predicted octanol–water partition coefficient (Wildman–Crippen LogP) is 2.00. The molecule has 2 aliphatic rings. The van der Waals surface area contributed by atoms with Crippen LogP contribution in [0.15, 0.2) is 30.3 Å². The molecular formula is C20H23ClN4O3. The van der Waals surface area contributed by atoms with E-state index in [1.165, 1.54) is 13.1 Å². The molecule has 8 heteroatoms. The fourth-order valence-corrected chi connectivity index (χ4v) is 4.49. The molecule has 4 rings (SSSR count). The number of benzene rings is 1. The Bertz CT molecular complexity index is 928. The molecule has 5 atom stereocenters. The van der Waals surface area contributed by atoms with Gasteiger partial charge in [0.15, 0.2) is 5.69 Å². The predicted molar refractivity (Wildman–Crippen MR) is 104 cm³/mol. The minimum atomic E-state index is -0.357. The van der Waals surface area contributed by atoms with E-state index < -0.39 is 0 Å². The van der Waals surface area contributed by atoms with Gasteiger partial charge in [0.05, 0.1) is 12.1 Å². The molecule has 0 unspecified atom stereocenters. The monoisotopic (exact) mass is 402 g/mol. The highest BCUT2D eigenvalue weighted by atomic mass is 35.5. The number of fused-ring (bicyclic) bond motifs is 1. The summed E-state index contributed by atoms with van der Waals surface area (Å²) in [4.78, 5) is 25.0. The average Bonchev–Trinajstić information content (AvgIpc) is 3.02. The molecule has 2 aromatic rings. The summed E-state index contributed by atoms with van der Waals surface area (Å²) in [5.74, 6) is -0.156. The molecule has 28 heavy (non-hydrogen) atoms. The fraction of sp³-hybridized carbons (Fsp3) is 0.450. The van der Waals surface area contributed by atoms with Gasteiger partial charge in [0.25, 0.3) is 11.8 Å². The van der Waals surface area contributed by atoms with E-state index in [4.69, 9.17) is 11.6 Å². The number of nitrogens with zero attached hydrogens (tertiary/aromatic N) is 2. The Balaban J connectivity index is 1.62. The molecule has 3 N–H and O–H groups in total. The quantitative estimate of drug-likeness (QED) is 0.712. The summed E-state index contributed by atoms with van der Waals surface area (Å²) >= 11 is 6.11.